The summed E-state index contributed by atoms with van der Waals surface area (Å²) < 4.78 is 13.2. The molecule has 0 unspecified atom stereocenters. The predicted molar refractivity (Wildman–Crippen MR) is 102 cm³/mol. The number of hydrogen-bond donors (Lipinski definition) is 0. The molecule has 0 radical (unpaired) electrons. The van der Waals surface area contributed by atoms with E-state index in [-0.39, 0.29) is 23.7 Å². The highest BCUT2D eigenvalue weighted by Gasteiger charge is 2.35. The van der Waals surface area contributed by atoms with E-state index in [4.69, 9.17) is 16.4 Å². The number of amides is 1. The van der Waals surface area contributed by atoms with Gasteiger partial charge in [0.1, 0.15) is 5.82 Å². The van der Waals surface area contributed by atoms with Crippen molar-refractivity contribution in [2.45, 2.75) is 31.9 Å². The molecule has 140 valence electrons. The van der Waals surface area contributed by atoms with Crippen LogP contribution >= 0.6 is 11.6 Å². The van der Waals surface area contributed by atoms with E-state index in [0.29, 0.717) is 24.5 Å². The van der Waals surface area contributed by atoms with Gasteiger partial charge in [-0.15, -0.1) is 0 Å². The Morgan fingerprint density at radius 3 is 2.63 bits per heavy atom. The zero-order valence-corrected chi connectivity index (χ0v) is 15.5. The maximum atomic E-state index is 13.2. The Labute approximate surface area is 162 Å². The van der Waals surface area contributed by atoms with Crippen LogP contribution in [0.1, 0.15) is 30.4 Å². The second-order valence-electron chi connectivity index (χ2n) is 7.07. The normalized spacial score (nSPS) is 18.7. The topological polar surface area (TPSA) is 41.9 Å². The van der Waals surface area contributed by atoms with Gasteiger partial charge in [0.2, 0.25) is 5.91 Å². The van der Waals surface area contributed by atoms with Gasteiger partial charge in [0.15, 0.2) is 6.10 Å². The minimum atomic E-state index is -0.282. The molecule has 1 fully saturated rings. The van der Waals surface area contributed by atoms with Gasteiger partial charge in [-0.1, -0.05) is 47.1 Å². The van der Waals surface area contributed by atoms with Crippen molar-refractivity contribution in [3.63, 3.8) is 0 Å². The van der Waals surface area contributed by atoms with Crippen LogP contribution in [0.15, 0.2) is 53.7 Å². The molecular formula is C21H20ClFN2O2. The molecule has 1 atom stereocenters. The SMILES string of the molecule is O=C(C1CC1)N(Cc1ccc(F)cc1)C[C@@H]1CC(c2ccccc2Cl)=NO1. The van der Waals surface area contributed by atoms with Crippen LogP contribution in [-0.2, 0) is 16.2 Å². The lowest BCUT2D eigenvalue weighted by molar-refractivity contribution is -0.135. The third-order valence-electron chi connectivity index (χ3n) is 4.87. The molecule has 4 rings (SSSR count). The molecule has 2 aliphatic rings. The maximum absolute atomic E-state index is 13.2. The van der Waals surface area contributed by atoms with Crippen molar-refractivity contribution in [3.8, 4) is 0 Å². The lowest BCUT2D eigenvalue weighted by Crippen LogP contribution is -2.38. The van der Waals surface area contributed by atoms with Crippen LogP contribution in [0.5, 0.6) is 0 Å². The van der Waals surface area contributed by atoms with Crippen molar-refractivity contribution in [1.82, 2.24) is 4.90 Å². The van der Waals surface area contributed by atoms with E-state index in [0.717, 1.165) is 29.7 Å². The Bertz CT molecular complexity index is 865. The monoisotopic (exact) mass is 386 g/mol. The zero-order valence-electron chi connectivity index (χ0n) is 14.8. The average Bonchev–Trinajstić information content (AvgIpc) is 3.42. The molecule has 0 spiro atoms. The largest absolute Gasteiger partial charge is 0.390 e. The fourth-order valence-corrected chi connectivity index (χ4v) is 3.50. The summed E-state index contributed by atoms with van der Waals surface area (Å²) in [4.78, 5) is 20.1. The summed E-state index contributed by atoms with van der Waals surface area (Å²) in [6, 6.07) is 13.8. The van der Waals surface area contributed by atoms with Gasteiger partial charge < -0.3 is 9.74 Å². The van der Waals surface area contributed by atoms with Gasteiger partial charge in [-0.05, 0) is 36.6 Å². The molecular weight excluding hydrogens is 367 g/mol. The first-order chi connectivity index (χ1) is 13.1. The third kappa shape index (κ3) is 4.30. The Kier molecular flexibility index (Phi) is 5.12. The second-order valence-corrected chi connectivity index (χ2v) is 7.48. The molecule has 27 heavy (non-hydrogen) atoms. The quantitative estimate of drug-likeness (QED) is 0.737. The Hall–Kier alpha value is -2.40. The van der Waals surface area contributed by atoms with E-state index in [1.165, 1.54) is 12.1 Å². The van der Waals surface area contributed by atoms with Crippen molar-refractivity contribution in [3.05, 3.63) is 70.5 Å². The van der Waals surface area contributed by atoms with Crippen molar-refractivity contribution in [1.29, 1.82) is 0 Å². The van der Waals surface area contributed by atoms with Crippen LogP contribution in [0.2, 0.25) is 5.02 Å². The summed E-state index contributed by atoms with van der Waals surface area (Å²) in [6.45, 7) is 0.890. The summed E-state index contributed by atoms with van der Waals surface area (Å²) in [7, 11) is 0. The Morgan fingerprint density at radius 1 is 1.19 bits per heavy atom. The summed E-state index contributed by atoms with van der Waals surface area (Å²) in [5.74, 6) is -0.0411. The van der Waals surface area contributed by atoms with Gasteiger partial charge in [-0.2, -0.15) is 0 Å². The van der Waals surface area contributed by atoms with E-state index >= 15 is 0 Å². The molecule has 1 amide bonds. The van der Waals surface area contributed by atoms with Crippen LogP contribution in [0.4, 0.5) is 4.39 Å². The van der Waals surface area contributed by atoms with Crippen LogP contribution in [-0.4, -0.2) is 29.2 Å². The molecule has 0 aromatic heterocycles. The maximum Gasteiger partial charge on any atom is 0.226 e. The highest BCUT2D eigenvalue weighted by atomic mass is 35.5. The van der Waals surface area contributed by atoms with Crippen molar-refractivity contribution in [2.75, 3.05) is 6.54 Å². The summed E-state index contributed by atoms with van der Waals surface area (Å²) in [5.41, 5.74) is 2.56. The van der Waals surface area contributed by atoms with Crippen LogP contribution in [0.25, 0.3) is 0 Å². The first kappa shape index (κ1) is 18.0. The molecule has 0 saturated heterocycles. The number of rotatable bonds is 6. The number of oxime groups is 1. The molecule has 2 aromatic rings. The number of benzene rings is 2. The minimum absolute atomic E-state index is 0.107. The van der Waals surface area contributed by atoms with E-state index in [1.54, 1.807) is 17.0 Å². The second kappa shape index (κ2) is 7.69. The van der Waals surface area contributed by atoms with E-state index < -0.39 is 0 Å². The molecule has 1 aliphatic heterocycles. The molecule has 0 N–H and O–H groups in total. The minimum Gasteiger partial charge on any atom is -0.390 e. The standard InChI is InChI=1S/C21H20ClFN2O2/c22-19-4-2-1-3-18(19)20-11-17(27-24-20)13-25(21(26)15-7-8-15)12-14-5-9-16(23)10-6-14/h1-6,9-10,15,17H,7-8,11-13H2/t17-/m0/s1. The predicted octanol–water partition coefficient (Wildman–Crippen LogP) is 4.41. The first-order valence-corrected chi connectivity index (χ1v) is 9.49. The van der Waals surface area contributed by atoms with Crippen molar-refractivity contribution >= 4 is 23.2 Å². The molecule has 1 saturated carbocycles. The van der Waals surface area contributed by atoms with Crippen LogP contribution in [0, 0.1) is 11.7 Å². The molecule has 1 aliphatic carbocycles. The van der Waals surface area contributed by atoms with Crippen molar-refractivity contribution in [2.24, 2.45) is 11.1 Å². The number of halogens is 2. The molecule has 2 aromatic carbocycles. The smallest absolute Gasteiger partial charge is 0.226 e. The molecule has 4 nitrogen and oxygen atoms in total. The lowest BCUT2D eigenvalue weighted by atomic mass is 10.0. The number of hydrogen-bond acceptors (Lipinski definition) is 3. The van der Waals surface area contributed by atoms with E-state index in [9.17, 15) is 9.18 Å². The first-order valence-electron chi connectivity index (χ1n) is 9.11. The number of nitrogens with zero attached hydrogens (tertiary/aromatic N) is 2. The number of carbonyl (C=O) groups is 1. The van der Waals surface area contributed by atoms with Gasteiger partial charge in [-0.25, -0.2) is 4.39 Å². The molecule has 0 bridgehead atoms. The Balaban J connectivity index is 1.44. The van der Waals surface area contributed by atoms with Gasteiger partial charge in [0.25, 0.3) is 0 Å². The fraction of sp³-hybridized carbons (Fsp3) is 0.333. The summed E-state index contributed by atoms with van der Waals surface area (Å²) >= 11 is 6.25. The van der Waals surface area contributed by atoms with Gasteiger partial charge in [0, 0.05) is 29.5 Å². The van der Waals surface area contributed by atoms with E-state index in [1.807, 2.05) is 24.3 Å². The average molecular weight is 387 g/mol. The highest BCUT2D eigenvalue weighted by molar-refractivity contribution is 6.34. The van der Waals surface area contributed by atoms with Gasteiger partial charge in [0.05, 0.1) is 12.3 Å². The fourth-order valence-electron chi connectivity index (χ4n) is 3.26. The van der Waals surface area contributed by atoms with Gasteiger partial charge in [-0.3, -0.25) is 4.79 Å². The molecule has 1 heterocycles. The van der Waals surface area contributed by atoms with Gasteiger partial charge >= 0.3 is 0 Å². The van der Waals surface area contributed by atoms with E-state index in [2.05, 4.69) is 5.16 Å². The highest BCUT2D eigenvalue weighted by Crippen LogP contribution is 2.32. The third-order valence-corrected chi connectivity index (χ3v) is 5.20. The van der Waals surface area contributed by atoms with Crippen LogP contribution < -0.4 is 0 Å². The summed E-state index contributed by atoms with van der Waals surface area (Å²) in [6.07, 6.45) is 2.26. The lowest BCUT2D eigenvalue weighted by Gasteiger charge is -2.25. The Morgan fingerprint density at radius 2 is 1.93 bits per heavy atom. The summed E-state index contributed by atoms with van der Waals surface area (Å²) in [5, 5.41) is 4.82. The molecule has 6 heteroatoms. The number of carbonyl (C=O) groups excluding carboxylic acids is 1. The van der Waals surface area contributed by atoms with Crippen molar-refractivity contribution < 1.29 is 14.0 Å². The van der Waals surface area contributed by atoms with Crippen LogP contribution in [0.3, 0.4) is 0 Å². The zero-order chi connectivity index (χ0) is 18.8.